The summed E-state index contributed by atoms with van der Waals surface area (Å²) < 4.78 is 24.2. The van der Waals surface area contributed by atoms with E-state index in [4.69, 9.17) is 23.7 Å². The average molecular weight is 374 g/mol. The first-order chi connectivity index (χ1) is 12.3. The van der Waals surface area contributed by atoms with Crippen LogP contribution in [-0.2, 0) is 42.9 Å². The van der Waals surface area contributed by atoms with E-state index < -0.39 is 46.9 Å². The van der Waals surface area contributed by atoms with Crippen LogP contribution in [0.1, 0.15) is 27.7 Å². The second-order valence-corrected chi connectivity index (χ2v) is 4.88. The minimum Gasteiger partial charge on any atom is -0.466 e. The van der Waals surface area contributed by atoms with Crippen LogP contribution < -0.4 is 0 Å². The molecule has 0 radical (unpaired) electrons. The summed E-state index contributed by atoms with van der Waals surface area (Å²) in [4.78, 5) is 49.0. The smallest absolute Gasteiger partial charge is 0.374 e. The highest BCUT2D eigenvalue weighted by Crippen LogP contribution is 2.38. The summed E-state index contributed by atoms with van der Waals surface area (Å²) in [5.41, 5.74) is -3.79. The van der Waals surface area contributed by atoms with Crippen LogP contribution in [0.4, 0.5) is 0 Å². The summed E-state index contributed by atoms with van der Waals surface area (Å²) in [6, 6.07) is 0. The minimum absolute atomic E-state index is 0.0797. The van der Waals surface area contributed by atoms with Crippen molar-refractivity contribution in [1.82, 2.24) is 0 Å². The summed E-state index contributed by atoms with van der Waals surface area (Å²) in [6.45, 7) is 5.45. The van der Waals surface area contributed by atoms with Gasteiger partial charge in [-0.3, -0.25) is 0 Å². The molecule has 0 bridgehead atoms. The zero-order valence-corrected chi connectivity index (χ0v) is 15.0. The lowest BCUT2D eigenvalue weighted by Gasteiger charge is -2.26. The molecule has 1 aliphatic heterocycles. The molecule has 0 saturated carbocycles. The number of esters is 4. The van der Waals surface area contributed by atoms with Gasteiger partial charge in [-0.15, -0.1) is 0 Å². The van der Waals surface area contributed by atoms with E-state index in [0.717, 1.165) is 0 Å². The number of carbonyl (C=O) groups excluding carboxylic acids is 4. The van der Waals surface area contributed by atoms with E-state index in [1.54, 1.807) is 0 Å². The van der Waals surface area contributed by atoms with E-state index in [2.05, 4.69) is 0 Å². The van der Waals surface area contributed by atoms with Crippen LogP contribution >= 0.6 is 0 Å². The Morgan fingerprint density at radius 2 is 1.38 bits per heavy atom. The van der Waals surface area contributed by atoms with Crippen molar-refractivity contribution in [3.63, 3.8) is 0 Å². The maximum Gasteiger partial charge on any atom is 0.374 e. The predicted molar refractivity (Wildman–Crippen MR) is 83.4 cm³/mol. The summed E-state index contributed by atoms with van der Waals surface area (Å²) in [7, 11) is 0. The molecule has 0 amide bonds. The van der Waals surface area contributed by atoms with Gasteiger partial charge >= 0.3 is 23.9 Å². The molecule has 0 aromatic heterocycles. The van der Waals surface area contributed by atoms with Crippen molar-refractivity contribution in [3.05, 3.63) is 11.3 Å². The van der Waals surface area contributed by atoms with Crippen molar-refractivity contribution in [2.45, 2.75) is 39.4 Å². The molecule has 0 aliphatic carbocycles. The van der Waals surface area contributed by atoms with Gasteiger partial charge < -0.3 is 28.8 Å². The Morgan fingerprint density at radius 3 is 1.88 bits per heavy atom. The number of rotatable bonds is 8. The largest absolute Gasteiger partial charge is 0.466 e. The fourth-order valence-electron chi connectivity index (χ4n) is 2.25. The third-order valence-electron chi connectivity index (χ3n) is 3.25. The van der Waals surface area contributed by atoms with Crippen LogP contribution in [0, 0.1) is 0 Å². The molecule has 0 aromatic rings. The van der Waals surface area contributed by atoms with Gasteiger partial charge in [0, 0.05) is 0 Å². The third kappa shape index (κ3) is 3.96. The van der Waals surface area contributed by atoms with E-state index in [-0.39, 0.29) is 26.4 Å². The number of hydrogen-bond acceptors (Lipinski definition) is 10. The second kappa shape index (κ2) is 9.18. The van der Waals surface area contributed by atoms with E-state index in [1.165, 1.54) is 27.7 Å². The highest BCUT2D eigenvalue weighted by atomic mass is 16.6. The van der Waals surface area contributed by atoms with Crippen molar-refractivity contribution in [2.75, 3.05) is 26.4 Å². The highest BCUT2D eigenvalue weighted by molar-refractivity contribution is 6.10. The molecular formula is C16H22O10. The number of ether oxygens (including phenoxy) is 5. The minimum atomic E-state index is -2.92. The molecule has 0 unspecified atom stereocenters. The molecule has 2 atom stereocenters. The van der Waals surface area contributed by atoms with Crippen LogP contribution in [0.25, 0.3) is 0 Å². The average Bonchev–Trinajstić information content (AvgIpc) is 2.90. The Labute approximate surface area is 150 Å². The molecule has 26 heavy (non-hydrogen) atoms. The van der Waals surface area contributed by atoms with Gasteiger partial charge in [0.05, 0.1) is 26.4 Å². The first-order valence-electron chi connectivity index (χ1n) is 8.11. The van der Waals surface area contributed by atoms with Crippen LogP contribution in [0.5, 0.6) is 0 Å². The predicted octanol–water partition coefficient (Wildman–Crippen LogP) is -0.377. The maximum atomic E-state index is 12.4. The third-order valence-corrected chi connectivity index (χ3v) is 3.25. The lowest BCUT2D eigenvalue weighted by Crippen LogP contribution is -2.55. The van der Waals surface area contributed by atoms with Gasteiger partial charge in [-0.05, 0) is 27.7 Å². The summed E-state index contributed by atoms with van der Waals surface area (Å²) in [6.07, 6.45) is -2.03. The van der Waals surface area contributed by atoms with Gasteiger partial charge in [-0.1, -0.05) is 0 Å². The molecule has 1 rings (SSSR count). The van der Waals surface area contributed by atoms with Crippen LogP contribution in [0.3, 0.4) is 0 Å². The van der Waals surface area contributed by atoms with E-state index >= 15 is 0 Å². The molecule has 146 valence electrons. The zero-order valence-electron chi connectivity index (χ0n) is 15.0. The molecule has 0 saturated heterocycles. The number of carbonyl (C=O) groups is 4. The summed E-state index contributed by atoms with van der Waals surface area (Å²) in [5.74, 6) is -5.70. The van der Waals surface area contributed by atoms with Crippen molar-refractivity contribution < 1.29 is 48.0 Å². The number of aliphatic hydroxyl groups is 1. The van der Waals surface area contributed by atoms with Crippen LogP contribution in [-0.4, -0.2) is 67.1 Å². The Bertz CT molecular complexity index is 608. The molecule has 0 aromatic carbocycles. The SMILES string of the molecule is CCOC(=O)C1=C(C(=O)OCC)[C@@](O)(C(=O)OCC)[C@H](C(=O)OCC)O1. The quantitative estimate of drug-likeness (QED) is 0.442. The van der Waals surface area contributed by atoms with Gasteiger partial charge in [-0.25, -0.2) is 19.2 Å². The number of hydrogen-bond donors (Lipinski definition) is 1. The zero-order chi connectivity index (χ0) is 19.9. The molecule has 1 N–H and O–H groups in total. The topological polar surface area (TPSA) is 135 Å². The van der Waals surface area contributed by atoms with Crippen molar-refractivity contribution >= 4 is 23.9 Å². The van der Waals surface area contributed by atoms with Crippen LogP contribution in [0.15, 0.2) is 11.3 Å². The fraction of sp³-hybridized carbons (Fsp3) is 0.625. The van der Waals surface area contributed by atoms with E-state index in [9.17, 15) is 24.3 Å². The first-order valence-corrected chi connectivity index (χ1v) is 8.11. The molecule has 0 spiro atoms. The lowest BCUT2D eigenvalue weighted by atomic mass is 9.88. The van der Waals surface area contributed by atoms with Crippen molar-refractivity contribution in [2.24, 2.45) is 0 Å². The highest BCUT2D eigenvalue weighted by Gasteiger charge is 2.64. The van der Waals surface area contributed by atoms with Gasteiger partial charge in [0.1, 0.15) is 5.57 Å². The summed E-state index contributed by atoms with van der Waals surface area (Å²) in [5, 5.41) is 10.9. The maximum absolute atomic E-state index is 12.4. The monoisotopic (exact) mass is 374 g/mol. The van der Waals surface area contributed by atoms with E-state index in [1.807, 2.05) is 0 Å². The summed E-state index contributed by atoms with van der Waals surface area (Å²) >= 11 is 0. The van der Waals surface area contributed by atoms with Gasteiger partial charge in [-0.2, -0.15) is 0 Å². The Morgan fingerprint density at radius 1 is 0.885 bits per heavy atom. The van der Waals surface area contributed by atoms with Gasteiger partial charge in [0.15, 0.2) is 0 Å². The first kappa shape index (κ1) is 21.4. The Kier molecular flexibility index (Phi) is 7.56. The van der Waals surface area contributed by atoms with Crippen molar-refractivity contribution in [3.8, 4) is 0 Å². The Balaban J connectivity index is 3.55. The molecule has 1 aliphatic rings. The fourth-order valence-corrected chi connectivity index (χ4v) is 2.25. The molecule has 10 heteroatoms. The second-order valence-electron chi connectivity index (χ2n) is 4.88. The molecule has 10 nitrogen and oxygen atoms in total. The normalized spacial score (nSPS) is 21.7. The van der Waals surface area contributed by atoms with Crippen molar-refractivity contribution in [1.29, 1.82) is 0 Å². The van der Waals surface area contributed by atoms with Crippen LogP contribution in [0.2, 0.25) is 0 Å². The molecular weight excluding hydrogens is 352 g/mol. The lowest BCUT2D eigenvalue weighted by molar-refractivity contribution is -0.182. The Hall–Kier alpha value is -2.62. The molecule has 0 fully saturated rings. The van der Waals surface area contributed by atoms with E-state index in [0.29, 0.717) is 0 Å². The van der Waals surface area contributed by atoms with Gasteiger partial charge in [0.25, 0.3) is 0 Å². The standard InChI is InChI=1S/C16H22O10/c1-5-22-12(17)9-10(13(18)23-6-2)26-11(14(19)24-7-3)16(9,21)15(20)25-8-4/h11,21H,5-8H2,1-4H3/t11-,16-/m0/s1. The molecule has 1 heterocycles. The van der Waals surface area contributed by atoms with Gasteiger partial charge in [0.2, 0.25) is 17.5 Å².